The van der Waals surface area contributed by atoms with Crippen molar-refractivity contribution in [3.8, 4) is 0 Å². The van der Waals surface area contributed by atoms with Gasteiger partial charge in [0.15, 0.2) is 5.11 Å². The highest BCUT2D eigenvalue weighted by Crippen LogP contribution is 2.26. The number of hydrogen-bond acceptors (Lipinski definition) is 2. The largest absolute Gasteiger partial charge is 0.341 e. The molecule has 2 rings (SSSR count). The van der Waals surface area contributed by atoms with Gasteiger partial charge in [-0.25, -0.2) is 4.39 Å². The van der Waals surface area contributed by atoms with Gasteiger partial charge in [0.1, 0.15) is 5.82 Å². The van der Waals surface area contributed by atoms with Crippen LogP contribution in [0.4, 0.5) is 10.1 Å². The highest BCUT2D eigenvalue weighted by atomic mass is 32.1. The zero-order chi connectivity index (χ0) is 16.8. The summed E-state index contributed by atoms with van der Waals surface area (Å²) in [7, 11) is 0. The molecule has 0 unspecified atom stereocenters. The van der Waals surface area contributed by atoms with Gasteiger partial charge < -0.3 is 10.2 Å². The zero-order valence-electron chi connectivity index (χ0n) is 13.8. The molecule has 0 aliphatic heterocycles. The maximum Gasteiger partial charge on any atom is 0.173 e. The Balaban J connectivity index is 2.13. The Kier molecular flexibility index (Phi) is 6.54. The van der Waals surface area contributed by atoms with Gasteiger partial charge in [0.25, 0.3) is 0 Å². The fourth-order valence-corrected chi connectivity index (χ4v) is 3.48. The van der Waals surface area contributed by atoms with E-state index in [9.17, 15) is 4.39 Å². The summed E-state index contributed by atoms with van der Waals surface area (Å²) < 4.78 is 13.4. The van der Waals surface area contributed by atoms with Crippen LogP contribution in [0.15, 0.2) is 41.8 Å². The molecule has 0 amide bonds. The second-order valence-corrected chi connectivity index (χ2v) is 7.37. The van der Waals surface area contributed by atoms with Crippen LogP contribution in [0.25, 0.3) is 0 Å². The van der Waals surface area contributed by atoms with Gasteiger partial charge in [0.2, 0.25) is 0 Å². The number of thiophene rings is 1. The lowest BCUT2D eigenvalue weighted by Gasteiger charge is -2.32. The van der Waals surface area contributed by atoms with Crippen LogP contribution >= 0.6 is 23.6 Å². The lowest BCUT2D eigenvalue weighted by molar-refractivity contribution is 0.322. The third-order valence-corrected chi connectivity index (χ3v) is 5.09. The summed E-state index contributed by atoms with van der Waals surface area (Å²) in [6, 6.07) is 10.8. The number of anilines is 1. The SMILES string of the molecule is CC(C)CCN(C(=S)Nc1cccc(F)c1)[C@@H](C)c1cccs1. The summed E-state index contributed by atoms with van der Waals surface area (Å²) >= 11 is 7.33. The fourth-order valence-electron chi connectivity index (χ4n) is 2.31. The van der Waals surface area contributed by atoms with Gasteiger partial charge in [0, 0.05) is 17.1 Å². The Labute approximate surface area is 147 Å². The van der Waals surface area contributed by atoms with Gasteiger partial charge in [-0.3, -0.25) is 0 Å². The van der Waals surface area contributed by atoms with Crippen molar-refractivity contribution in [3.05, 3.63) is 52.5 Å². The lowest BCUT2D eigenvalue weighted by atomic mass is 10.1. The quantitative estimate of drug-likeness (QED) is 0.673. The summed E-state index contributed by atoms with van der Waals surface area (Å²) in [6.07, 6.45) is 1.06. The van der Waals surface area contributed by atoms with Crippen LogP contribution in [-0.4, -0.2) is 16.6 Å². The van der Waals surface area contributed by atoms with Gasteiger partial charge in [-0.1, -0.05) is 26.0 Å². The van der Waals surface area contributed by atoms with E-state index in [0.717, 1.165) is 13.0 Å². The molecular formula is C18H23FN2S2. The summed E-state index contributed by atoms with van der Waals surface area (Å²) in [5, 5.41) is 5.89. The van der Waals surface area contributed by atoms with E-state index in [0.29, 0.717) is 16.7 Å². The first-order valence-corrected chi connectivity index (χ1v) is 9.12. The molecule has 1 atom stereocenters. The second-order valence-electron chi connectivity index (χ2n) is 6.01. The van der Waals surface area contributed by atoms with E-state index >= 15 is 0 Å². The Hall–Kier alpha value is -1.46. The number of rotatable bonds is 6. The molecule has 2 aromatic rings. The van der Waals surface area contributed by atoms with Gasteiger partial charge in [0.05, 0.1) is 6.04 Å². The second kappa shape index (κ2) is 8.41. The molecular weight excluding hydrogens is 327 g/mol. The van der Waals surface area contributed by atoms with Crippen molar-refractivity contribution in [2.24, 2.45) is 5.92 Å². The summed E-state index contributed by atoms with van der Waals surface area (Å²) in [5.41, 5.74) is 0.683. The van der Waals surface area contributed by atoms with Crippen molar-refractivity contribution >= 4 is 34.4 Å². The van der Waals surface area contributed by atoms with Crippen LogP contribution in [0, 0.1) is 11.7 Å². The minimum atomic E-state index is -0.266. The molecule has 1 N–H and O–H groups in total. The van der Waals surface area contributed by atoms with E-state index in [-0.39, 0.29) is 11.9 Å². The van der Waals surface area contributed by atoms with Gasteiger partial charge in [-0.05, 0) is 61.1 Å². The monoisotopic (exact) mass is 350 g/mol. The average molecular weight is 351 g/mol. The molecule has 124 valence electrons. The van der Waals surface area contributed by atoms with Crippen LogP contribution in [0.5, 0.6) is 0 Å². The summed E-state index contributed by atoms with van der Waals surface area (Å²) in [5.74, 6) is 0.336. The molecule has 0 aliphatic carbocycles. The normalized spacial score (nSPS) is 12.2. The molecule has 0 bridgehead atoms. The molecule has 1 heterocycles. The van der Waals surface area contributed by atoms with E-state index < -0.39 is 0 Å². The van der Waals surface area contributed by atoms with Crippen molar-refractivity contribution in [2.45, 2.75) is 33.2 Å². The van der Waals surface area contributed by atoms with E-state index in [4.69, 9.17) is 12.2 Å². The van der Waals surface area contributed by atoms with E-state index in [2.05, 4.69) is 48.5 Å². The molecule has 0 saturated carbocycles. The van der Waals surface area contributed by atoms with Crippen LogP contribution in [0.2, 0.25) is 0 Å². The standard InChI is InChI=1S/C18H23FN2S2/c1-13(2)9-10-21(14(3)17-8-5-11-23-17)18(22)20-16-7-4-6-15(19)12-16/h4-8,11-14H,9-10H2,1-3H3,(H,20,22)/t14-/m0/s1. The molecule has 2 nitrogen and oxygen atoms in total. The molecule has 1 aromatic heterocycles. The number of halogens is 1. The van der Waals surface area contributed by atoms with Crippen molar-refractivity contribution in [1.29, 1.82) is 0 Å². The predicted molar refractivity (Wildman–Crippen MR) is 102 cm³/mol. The maximum absolute atomic E-state index is 13.4. The number of benzene rings is 1. The van der Waals surface area contributed by atoms with Crippen LogP contribution < -0.4 is 5.32 Å². The fraction of sp³-hybridized carbons (Fsp3) is 0.389. The summed E-state index contributed by atoms with van der Waals surface area (Å²) in [6.45, 7) is 7.44. The molecule has 0 aliphatic rings. The van der Waals surface area contributed by atoms with Crippen molar-refractivity contribution in [2.75, 3.05) is 11.9 Å². The number of thiocarbonyl (C=S) groups is 1. The first-order valence-electron chi connectivity index (χ1n) is 7.84. The van der Waals surface area contributed by atoms with Gasteiger partial charge in [-0.2, -0.15) is 0 Å². The van der Waals surface area contributed by atoms with E-state index in [1.165, 1.54) is 17.0 Å². The topological polar surface area (TPSA) is 15.3 Å². The summed E-state index contributed by atoms with van der Waals surface area (Å²) in [4.78, 5) is 3.46. The molecule has 0 fully saturated rings. The first kappa shape index (κ1) is 17.9. The van der Waals surface area contributed by atoms with E-state index in [1.54, 1.807) is 17.4 Å². The molecule has 1 aromatic carbocycles. The molecule has 23 heavy (non-hydrogen) atoms. The van der Waals surface area contributed by atoms with Crippen molar-refractivity contribution in [1.82, 2.24) is 4.90 Å². The Morgan fingerprint density at radius 2 is 2.04 bits per heavy atom. The molecule has 0 saturated heterocycles. The Morgan fingerprint density at radius 1 is 1.26 bits per heavy atom. The van der Waals surface area contributed by atoms with Gasteiger partial charge in [-0.15, -0.1) is 11.3 Å². The zero-order valence-corrected chi connectivity index (χ0v) is 15.4. The predicted octanol–water partition coefficient (Wildman–Crippen LogP) is 5.69. The Bertz CT molecular complexity index is 626. The highest BCUT2D eigenvalue weighted by molar-refractivity contribution is 7.80. The average Bonchev–Trinajstić information content (AvgIpc) is 3.01. The molecule has 0 radical (unpaired) electrons. The van der Waals surface area contributed by atoms with Crippen molar-refractivity contribution < 1.29 is 4.39 Å². The van der Waals surface area contributed by atoms with Crippen LogP contribution in [0.1, 0.15) is 38.1 Å². The minimum absolute atomic E-state index is 0.197. The number of nitrogens with zero attached hydrogens (tertiary/aromatic N) is 1. The third-order valence-electron chi connectivity index (χ3n) is 3.71. The first-order chi connectivity index (χ1) is 11.0. The number of hydrogen-bond donors (Lipinski definition) is 1. The smallest absolute Gasteiger partial charge is 0.173 e. The van der Waals surface area contributed by atoms with Crippen LogP contribution in [-0.2, 0) is 0 Å². The third kappa shape index (κ3) is 5.29. The highest BCUT2D eigenvalue weighted by Gasteiger charge is 2.20. The Morgan fingerprint density at radius 3 is 2.65 bits per heavy atom. The van der Waals surface area contributed by atoms with E-state index in [1.807, 2.05) is 6.07 Å². The lowest BCUT2D eigenvalue weighted by Crippen LogP contribution is -2.37. The number of nitrogens with one attached hydrogen (secondary N) is 1. The molecule has 5 heteroatoms. The molecule has 0 spiro atoms. The minimum Gasteiger partial charge on any atom is -0.341 e. The van der Waals surface area contributed by atoms with Gasteiger partial charge >= 0.3 is 0 Å². The van der Waals surface area contributed by atoms with Crippen LogP contribution in [0.3, 0.4) is 0 Å². The van der Waals surface area contributed by atoms with Crippen molar-refractivity contribution in [3.63, 3.8) is 0 Å². The maximum atomic E-state index is 13.4.